The van der Waals surface area contributed by atoms with E-state index in [9.17, 15) is 9.90 Å². The summed E-state index contributed by atoms with van der Waals surface area (Å²) >= 11 is 0. The standard InChI is InChI=1S/C11H18N2O4/c1-10(2,11(3,4)16)12-6-7-5-8(9(14)15)13-17-7/h5,12,16H,6H2,1-4H3,(H,14,15). The zero-order valence-electron chi connectivity index (χ0n) is 10.4. The quantitative estimate of drug-likeness (QED) is 0.713. The fourth-order valence-electron chi connectivity index (χ4n) is 1.02. The predicted octanol–water partition coefficient (Wildman–Crippen LogP) is 1.01. The molecule has 0 aliphatic heterocycles. The summed E-state index contributed by atoms with van der Waals surface area (Å²) in [5.74, 6) is -0.707. The normalized spacial score (nSPS) is 12.8. The van der Waals surface area contributed by atoms with Crippen LogP contribution in [0.4, 0.5) is 0 Å². The van der Waals surface area contributed by atoms with Crippen molar-refractivity contribution in [3.63, 3.8) is 0 Å². The number of hydrogen-bond donors (Lipinski definition) is 3. The number of aromatic nitrogens is 1. The zero-order valence-corrected chi connectivity index (χ0v) is 10.4. The molecule has 6 heteroatoms. The molecule has 0 amide bonds. The van der Waals surface area contributed by atoms with Gasteiger partial charge in [0, 0.05) is 11.6 Å². The molecule has 96 valence electrons. The van der Waals surface area contributed by atoms with Crippen LogP contribution in [0.1, 0.15) is 43.9 Å². The van der Waals surface area contributed by atoms with Crippen molar-refractivity contribution < 1.29 is 19.5 Å². The molecule has 3 N–H and O–H groups in total. The smallest absolute Gasteiger partial charge is 0.358 e. The molecule has 0 unspecified atom stereocenters. The monoisotopic (exact) mass is 242 g/mol. The second kappa shape index (κ2) is 4.46. The van der Waals surface area contributed by atoms with Crippen molar-refractivity contribution in [1.82, 2.24) is 10.5 Å². The number of hydrogen-bond acceptors (Lipinski definition) is 5. The molecule has 1 aromatic heterocycles. The van der Waals surface area contributed by atoms with E-state index >= 15 is 0 Å². The third-order valence-corrected chi connectivity index (χ3v) is 3.01. The van der Waals surface area contributed by atoms with Crippen molar-refractivity contribution in [2.75, 3.05) is 0 Å². The van der Waals surface area contributed by atoms with Gasteiger partial charge >= 0.3 is 5.97 Å². The van der Waals surface area contributed by atoms with Gasteiger partial charge in [-0.15, -0.1) is 0 Å². The van der Waals surface area contributed by atoms with Gasteiger partial charge in [-0.1, -0.05) is 5.16 Å². The van der Waals surface area contributed by atoms with Crippen LogP contribution in [0.15, 0.2) is 10.6 Å². The average Bonchev–Trinajstić information content (AvgIpc) is 2.61. The lowest BCUT2D eigenvalue weighted by Gasteiger charge is -2.37. The Labute approximate surface area is 99.6 Å². The molecule has 1 aromatic rings. The summed E-state index contributed by atoms with van der Waals surface area (Å²) in [4.78, 5) is 10.6. The Balaban J connectivity index is 2.64. The molecule has 0 spiro atoms. The molecule has 0 bridgehead atoms. The van der Waals surface area contributed by atoms with Crippen LogP contribution in [-0.4, -0.2) is 32.5 Å². The van der Waals surface area contributed by atoms with Crippen molar-refractivity contribution in [1.29, 1.82) is 0 Å². The average molecular weight is 242 g/mol. The summed E-state index contributed by atoms with van der Waals surface area (Å²) < 4.78 is 4.86. The van der Waals surface area contributed by atoms with E-state index in [1.165, 1.54) is 6.07 Å². The summed E-state index contributed by atoms with van der Waals surface area (Å²) in [6, 6.07) is 1.36. The fourth-order valence-corrected chi connectivity index (χ4v) is 1.02. The molecule has 0 saturated carbocycles. The van der Waals surface area contributed by atoms with Crippen molar-refractivity contribution in [2.45, 2.75) is 45.4 Å². The van der Waals surface area contributed by atoms with Gasteiger partial charge in [-0.3, -0.25) is 0 Å². The van der Waals surface area contributed by atoms with Crippen LogP contribution in [-0.2, 0) is 6.54 Å². The van der Waals surface area contributed by atoms with E-state index in [1.54, 1.807) is 13.8 Å². The van der Waals surface area contributed by atoms with Crippen molar-refractivity contribution in [3.8, 4) is 0 Å². The molecule has 0 fully saturated rings. The Kier molecular flexibility index (Phi) is 3.59. The maximum atomic E-state index is 10.6. The molecular formula is C11H18N2O4. The highest BCUT2D eigenvalue weighted by Crippen LogP contribution is 2.21. The second-order valence-electron chi connectivity index (χ2n) is 5.02. The number of carboxylic acid groups (broad SMARTS) is 1. The Morgan fingerprint density at radius 2 is 2.06 bits per heavy atom. The Bertz CT molecular complexity index is 404. The van der Waals surface area contributed by atoms with Crippen molar-refractivity contribution >= 4 is 5.97 Å². The lowest BCUT2D eigenvalue weighted by Crippen LogP contribution is -2.55. The summed E-state index contributed by atoms with van der Waals surface area (Å²) in [7, 11) is 0. The van der Waals surface area contributed by atoms with Gasteiger partial charge in [-0.25, -0.2) is 4.79 Å². The van der Waals surface area contributed by atoms with Crippen LogP contribution in [0.25, 0.3) is 0 Å². The highest BCUT2D eigenvalue weighted by molar-refractivity contribution is 5.85. The van der Waals surface area contributed by atoms with Gasteiger partial charge in [0.2, 0.25) is 0 Å². The first-order chi connectivity index (χ1) is 7.63. The summed E-state index contributed by atoms with van der Waals surface area (Å²) in [5, 5.41) is 25.1. The van der Waals surface area contributed by atoms with E-state index in [0.29, 0.717) is 12.3 Å². The van der Waals surface area contributed by atoms with Gasteiger partial charge in [-0.2, -0.15) is 0 Å². The maximum Gasteiger partial charge on any atom is 0.358 e. The van der Waals surface area contributed by atoms with Crippen molar-refractivity contribution in [2.24, 2.45) is 0 Å². The van der Waals surface area contributed by atoms with E-state index in [1.807, 2.05) is 13.8 Å². The Hall–Kier alpha value is -1.40. The van der Waals surface area contributed by atoms with E-state index < -0.39 is 17.1 Å². The Morgan fingerprint density at radius 1 is 1.47 bits per heavy atom. The Morgan fingerprint density at radius 3 is 2.47 bits per heavy atom. The van der Waals surface area contributed by atoms with E-state index in [-0.39, 0.29) is 5.69 Å². The highest BCUT2D eigenvalue weighted by Gasteiger charge is 2.34. The molecule has 17 heavy (non-hydrogen) atoms. The lowest BCUT2D eigenvalue weighted by molar-refractivity contribution is -0.00620. The van der Waals surface area contributed by atoms with Gasteiger partial charge in [0.05, 0.1) is 12.1 Å². The van der Waals surface area contributed by atoms with E-state index in [0.717, 1.165) is 0 Å². The van der Waals surface area contributed by atoms with Crippen molar-refractivity contribution in [3.05, 3.63) is 17.5 Å². The highest BCUT2D eigenvalue weighted by atomic mass is 16.5. The number of nitrogens with zero attached hydrogens (tertiary/aromatic N) is 1. The third kappa shape index (κ3) is 3.28. The molecule has 6 nitrogen and oxygen atoms in total. The second-order valence-corrected chi connectivity index (χ2v) is 5.02. The summed E-state index contributed by atoms with van der Waals surface area (Å²) in [6.45, 7) is 7.40. The molecule has 1 heterocycles. The summed E-state index contributed by atoms with van der Waals surface area (Å²) in [5.41, 5.74) is -1.57. The minimum absolute atomic E-state index is 0.122. The summed E-state index contributed by atoms with van der Waals surface area (Å²) in [6.07, 6.45) is 0. The van der Waals surface area contributed by atoms with E-state index in [2.05, 4.69) is 10.5 Å². The maximum absolute atomic E-state index is 10.6. The number of carbonyl (C=O) groups is 1. The number of nitrogens with one attached hydrogen (secondary N) is 1. The predicted molar refractivity (Wildman–Crippen MR) is 60.7 cm³/mol. The molecule has 0 saturated heterocycles. The molecule has 0 aliphatic rings. The van der Waals surface area contributed by atoms with Crippen LogP contribution in [0.5, 0.6) is 0 Å². The van der Waals surface area contributed by atoms with Crippen LogP contribution in [0, 0.1) is 0 Å². The molecule has 0 aromatic carbocycles. The SMILES string of the molecule is CC(C)(O)C(C)(C)NCc1cc(C(=O)O)no1. The van der Waals surface area contributed by atoms with Crippen LogP contribution in [0.3, 0.4) is 0 Å². The fraction of sp³-hybridized carbons (Fsp3) is 0.636. The van der Waals surface area contributed by atoms with Crippen LogP contribution >= 0.6 is 0 Å². The molecular weight excluding hydrogens is 224 g/mol. The molecule has 0 atom stereocenters. The molecule has 1 rings (SSSR count). The van der Waals surface area contributed by atoms with Gasteiger partial charge < -0.3 is 20.1 Å². The lowest BCUT2D eigenvalue weighted by atomic mass is 9.86. The minimum Gasteiger partial charge on any atom is -0.476 e. The zero-order chi connectivity index (χ0) is 13.3. The number of aliphatic hydroxyl groups is 1. The topological polar surface area (TPSA) is 95.6 Å². The van der Waals surface area contributed by atoms with Gasteiger partial charge in [0.25, 0.3) is 0 Å². The largest absolute Gasteiger partial charge is 0.476 e. The van der Waals surface area contributed by atoms with Gasteiger partial charge in [0.1, 0.15) is 0 Å². The first kappa shape index (κ1) is 13.7. The molecule has 0 radical (unpaired) electrons. The van der Waals surface area contributed by atoms with Crippen LogP contribution in [0.2, 0.25) is 0 Å². The number of rotatable bonds is 5. The number of aromatic carboxylic acids is 1. The first-order valence-corrected chi connectivity index (χ1v) is 5.30. The molecule has 0 aliphatic carbocycles. The van der Waals surface area contributed by atoms with E-state index in [4.69, 9.17) is 9.63 Å². The van der Waals surface area contributed by atoms with Crippen LogP contribution < -0.4 is 5.32 Å². The third-order valence-electron chi connectivity index (χ3n) is 3.01. The van der Waals surface area contributed by atoms with Gasteiger partial charge in [0.15, 0.2) is 11.5 Å². The number of carboxylic acids is 1. The minimum atomic E-state index is -1.12. The van der Waals surface area contributed by atoms with Gasteiger partial charge in [-0.05, 0) is 27.7 Å². The first-order valence-electron chi connectivity index (χ1n) is 5.30.